The van der Waals surface area contributed by atoms with E-state index in [0.29, 0.717) is 50.0 Å². The highest BCUT2D eigenvalue weighted by Gasteiger charge is 2.35. The largest absolute Gasteiger partial charge is 0.504 e. The molecule has 4 rings (SSSR count). The lowest BCUT2D eigenvalue weighted by Gasteiger charge is -2.26. The molecule has 0 fully saturated rings. The minimum absolute atomic E-state index is 0.0142. The van der Waals surface area contributed by atoms with Crippen molar-refractivity contribution >= 4 is 23.4 Å². The van der Waals surface area contributed by atoms with E-state index in [2.05, 4.69) is 4.99 Å². The van der Waals surface area contributed by atoms with Crippen molar-refractivity contribution in [2.45, 2.75) is 26.8 Å². The molecule has 3 aromatic rings. The van der Waals surface area contributed by atoms with Gasteiger partial charge in [-0.05, 0) is 62.7 Å². The minimum atomic E-state index is -0.846. The van der Waals surface area contributed by atoms with Crippen molar-refractivity contribution < 1.29 is 28.8 Å². The van der Waals surface area contributed by atoms with Crippen LogP contribution in [0.5, 0.6) is 23.0 Å². The summed E-state index contributed by atoms with van der Waals surface area (Å²) in [5.74, 6) is 0.802. The SMILES string of the molecule is CCOC(=O)C1=C(C)N=c2s/c(=C\c3ccc(O)c(OCC)c3)c(=O)n2[C@H]1c1cc(OC)ccc1OC. The van der Waals surface area contributed by atoms with Crippen LogP contribution >= 0.6 is 11.3 Å². The molecule has 0 spiro atoms. The first-order valence-electron chi connectivity index (χ1n) is 11.7. The maximum absolute atomic E-state index is 13.8. The summed E-state index contributed by atoms with van der Waals surface area (Å²) in [4.78, 5) is 32.0. The van der Waals surface area contributed by atoms with Crippen LogP contribution in [0.1, 0.15) is 37.9 Å². The Labute approximate surface area is 217 Å². The summed E-state index contributed by atoms with van der Waals surface area (Å²) in [6.07, 6.45) is 1.70. The molecule has 1 aromatic heterocycles. The van der Waals surface area contributed by atoms with Crippen LogP contribution in [-0.4, -0.2) is 43.1 Å². The van der Waals surface area contributed by atoms with Crippen LogP contribution in [-0.2, 0) is 9.53 Å². The van der Waals surface area contributed by atoms with E-state index >= 15 is 0 Å². The number of fused-ring (bicyclic) bond motifs is 1. The zero-order chi connectivity index (χ0) is 26.7. The van der Waals surface area contributed by atoms with E-state index in [-0.39, 0.29) is 23.5 Å². The fraction of sp³-hybridized carbons (Fsp3) is 0.296. The Balaban J connectivity index is 1.98. The summed E-state index contributed by atoms with van der Waals surface area (Å²) < 4.78 is 23.7. The van der Waals surface area contributed by atoms with Crippen molar-refractivity contribution in [3.63, 3.8) is 0 Å². The Hall–Kier alpha value is -4.05. The van der Waals surface area contributed by atoms with Gasteiger partial charge >= 0.3 is 5.97 Å². The second-order valence-electron chi connectivity index (χ2n) is 8.07. The number of phenols is 1. The first-order valence-corrected chi connectivity index (χ1v) is 12.5. The molecule has 194 valence electrons. The molecule has 1 aliphatic heterocycles. The molecule has 0 aliphatic carbocycles. The van der Waals surface area contributed by atoms with Gasteiger partial charge in [0.25, 0.3) is 5.56 Å². The summed E-state index contributed by atoms with van der Waals surface area (Å²) in [6.45, 7) is 5.82. The Morgan fingerprint density at radius 1 is 1.11 bits per heavy atom. The second kappa shape index (κ2) is 10.9. The van der Waals surface area contributed by atoms with Crippen molar-refractivity contribution in [3.8, 4) is 23.0 Å². The Morgan fingerprint density at radius 2 is 1.89 bits per heavy atom. The number of esters is 1. The number of benzene rings is 2. The van der Waals surface area contributed by atoms with Crippen LogP contribution in [0.4, 0.5) is 0 Å². The number of aromatic hydroxyl groups is 1. The van der Waals surface area contributed by atoms with Crippen LogP contribution in [0.25, 0.3) is 6.08 Å². The van der Waals surface area contributed by atoms with E-state index in [0.717, 1.165) is 0 Å². The number of aromatic nitrogens is 1. The van der Waals surface area contributed by atoms with Crippen molar-refractivity contribution in [2.24, 2.45) is 4.99 Å². The van der Waals surface area contributed by atoms with Crippen LogP contribution in [0.3, 0.4) is 0 Å². The first kappa shape index (κ1) is 26.0. The summed E-state index contributed by atoms with van der Waals surface area (Å²) in [5, 5.41) is 10.0. The van der Waals surface area contributed by atoms with Gasteiger partial charge in [-0.1, -0.05) is 17.4 Å². The zero-order valence-electron chi connectivity index (χ0n) is 21.2. The fourth-order valence-electron chi connectivity index (χ4n) is 4.18. The fourth-order valence-corrected chi connectivity index (χ4v) is 5.23. The number of allylic oxidation sites excluding steroid dienone is 1. The number of rotatable bonds is 8. The molecular weight excluding hydrogens is 496 g/mol. The van der Waals surface area contributed by atoms with Crippen molar-refractivity contribution in [1.29, 1.82) is 0 Å². The summed E-state index contributed by atoms with van der Waals surface area (Å²) >= 11 is 1.20. The van der Waals surface area contributed by atoms with E-state index in [1.807, 2.05) is 6.92 Å². The van der Waals surface area contributed by atoms with E-state index in [1.165, 1.54) is 29.1 Å². The summed E-state index contributed by atoms with van der Waals surface area (Å²) in [6, 6.07) is 9.24. The molecule has 2 heterocycles. The molecule has 0 amide bonds. The number of hydrogen-bond acceptors (Lipinski definition) is 9. The third-order valence-electron chi connectivity index (χ3n) is 5.83. The number of thiazole rings is 1. The average molecular weight is 525 g/mol. The van der Waals surface area contributed by atoms with Gasteiger partial charge in [-0.25, -0.2) is 9.79 Å². The molecule has 1 aliphatic rings. The molecule has 1 atom stereocenters. The highest BCUT2D eigenvalue weighted by atomic mass is 32.1. The third kappa shape index (κ3) is 4.97. The Morgan fingerprint density at radius 3 is 2.57 bits per heavy atom. The molecule has 0 saturated heterocycles. The number of hydrogen-bond donors (Lipinski definition) is 1. The van der Waals surface area contributed by atoms with Gasteiger partial charge in [-0.3, -0.25) is 9.36 Å². The quantitative estimate of drug-likeness (QED) is 0.452. The van der Waals surface area contributed by atoms with Crippen LogP contribution < -0.4 is 29.1 Å². The molecule has 0 radical (unpaired) electrons. The number of carbonyl (C=O) groups excluding carboxylic acids is 1. The van der Waals surface area contributed by atoms with Gasteiger partial charge in [-0.2, -0.15) is 0 Å². The topological polar surface area (TPSA) is 109 Å². The number of nitrogens with zero attached hydrogens (tertiary/aromatic N) is 2. The van der Waals surface area contributed by atoms with Gasteiger partial charge in [0.05, 0.1) is 43.2 Å². The molecule has 0 bridgehead atoms. The molecule has 1 N–H and O–H groups in total. The van der Waals surface area contributed by atoms with Gasteiger partial charge in [-0.15, -0.1) is 0 Å². The number of phenolic OH excluding ortho intramolecular Hbond substituents is 1. The number of methoxy groups -OCH3 is 2. The zero-order valence-corrected chi connectivity index (χ0v) is 22.0. The normalized spacial score (nSPS) is 15.2. The number of ether oxygens (including phenoxy) is 4. The van der Waals surface area contributed by atoms with Crippen molar-refractivity contribution in [3.05, 3.63) is 78.5 Å². The lowest BCUT2D eigenvalue weighted by atomic mass is 9.94. The van der Waals surface area contributed by atoms with Gasteiger partial charge in [0, 0.05) is 5.56 Å². The molecule has 37 heavy (non-hydrogen) atoms. The summed E-state index contributed by atoms with van der Waals surface area (Å²) in [5.41, 5.74) is 1.59. The molecular formula is C27H28N2O7S. The van der Waals surface area contributed by atoms with Gasteiger partial charge in [0.2, 0.25) is 0 Å². The van der Waals surface area contributed by atoms with E-state index in [1.54, 1.807) is 57.4 Å². The predicted octanol–water partition coefficient (Wildman–Crippen LogP) is 2.92. The molecule has 0 saturated carbocycles. The lowest BCUT2D eigenvalue weighted by molar-refractivity contribution is -0.139. The molecule has 0 unspecified atom stereocenters. The van der Waals surface area contributed by atoms with Gasteiger partial charge in [0.15, 0.2) is 16.3 Å². The van der Waals surface area contributed by atoms with Crippen LogP contribution in [0.15, 0.2) is 57.5 Å². The molecule has 10 heteroatoms. The predicted molar refractivity (Wildman–Crippen MR) is 139 cm³/mol. The third-order valence-corrected chi connectivity index (χ3v) is 6.81. The van der Waals surface area contributed by atoms with E-state index in [9.17, 15) is 14.7 Å². The average Bonchev–Trinajstić information content (AvgIpc) is 3.19. The van der Waals surface area contributed by atoms with Gasteiger partial charge < -0.3 is 24.1 Å². The summed E-state index contributed by atoms with van der Waals surface area (Å²) in [7, 11) is 3.06. The monoisotopic (exact) mass is 524 g/mol. The molecule has 9 nitrogen and oxygen atoms in total. The molecule has 2 aromatic carbocycles. The highest BCUT2D eigenvalue weighted by molar-refractivity contribution is 7.07. The minimum Gasteiger partial charge on any atom is -0.504 e. The van der Waals surface area contributed by atoms with Gasteiger partial charge in [0.1, 0.15) is 17.5 Å². The first-order chi connectivity index (χ1) is 17.8. The van der Waals surface area contributed by atoms with Crippen molar-refractivity contribution in [2.75, 3.05) is 27.4 Å². The lowest BCUT2D eigenvalue weighted by Crippen LogP contribution is -2.40. The Kier molecular flexibility index (Phi) is 7.68. The maximum atomic E-state index is 13.8. The second-order valence-corrected chi connectivity index (χ2v) is 9.08. The Bertz CT molecular complexity index is 1550. The number of carbonyl (C=O) groups is 1. The van der Waals surface area contributed by atoms with E-state index < -0.39 is 12.0 Å². The van der Waals surface area contributed by atoms with Crippen LogP contribution in [0.2, 0.25) is 0 Å². The van der Waals surface area contributed by atoms with E-state index in [4.69, 9.17) is 18.9 Å². The van der Waals surface area contributed by atoms with Crippen molar-refractivity contribution in [1.82, 2.24) is 4.57 Å². The highest BCUT2D eigenvalue weighted by Crippen LogP contribution is 2.37. The maximum Gasteiger partial charge on any atom is 0.338 e. The standard InChI is InChI=1S/C27H28N2O7S/c1-6-35-21-12-16(8-10-19(21)30)13-22-25(31)29-24(18-14-17(33-4)9-11-20(18)34-5)23(26(32)36-7-2)15(3)28-27(29)37-22/h8-14,24,30H,6-7H2,1-5H3/b22-13-/t24-/m0/s1. The van der Waals surface area contributed by atoms with Crippen LogP contribution in [0, 0.1) is 0 Å². The smallest absolute Gasteiger partial charge is 0.338 e.